The predicted octanol–water partition coefficient (Wildman–Crippen LogP) is 1.80. The molecule has 0 spiro atoms. The van der Waals surface area contributed by atoms with Crippen LogP contribution in [0.3, 0.4) is 0 Å². The van der Waals surface area contributed by atoms with Crippen LogP contribution in [0.4, 0.5) is 0 Å². The second-order valence-corrected chi connectivity index (χ2v) is 5.27. The van der Waals surface area contributed by atoms with E-state index in [0.717, 1.165) is 21.2 Å². The van der Waals surface area contributed by atoms with Crippen LogP contribution < -0.4 is 5.73 Å². The standard InChI is InChI=1S/C13H12N6S/c1-19-13(16-17-18-19)20-11-7-6-10(12(14)15)8-4-2-3-5-9(8)11/h2-7H,1H3,(H3,14,15). The zero-order chi connectivity index (χ0) is 14.1. The van der Waals surface area contributed by atoms with Crippen molar-refractivity contribution in [2.24, 2.45) is 12.8 Å². The Labute approximate surface area is 119 Å². The molecule has 3 rings (SSSR count). The Balaban J connectivity index is 2.15. The summed E-state index contributed by atoms with van der Waals surface area (Å²) in [5.74, 6) is 0.0677. The first-order valence-corrected chi connectivity index (χ1v) is 6.75. The lowest BCUT2D eigenvalue weighted by molar-refractivity contribution is 0.664. The summed E-state index contributed by atoms with van der Waals surface area (Å²) in [4.78, 5) is 1.03. The predicted molar refractivity (Wildman–Crippen MR) is 77.9 cm³/mol. The molecule has 0 radical (unpaired) electrons. The fourth-order valence-corrected chi connectivity index (χ4v) is 2.87. The van der Waals surface area contributed by atoms with Gasteiger partial charge in [0.25, 0.3) is 0 Å². The van der Waals surface area contributed by atoms with E-state index in [2.05, 4.69) is 15.5 Å². The van der Waals surface area contributed by atoms with E-state index < -0.39 is 0 Å². The van der Waals surface area contributed by atoms with Crippen molar-refractivity contribution in [3.05, 3.63) is 42.0 Å². The number of nitrogens with two attached hydrogens (primary N) is 1. The number of nitrogens with one attached hydrogen (secondary N) is 1. The van der Waals surface area contributed by atoms with Gasteiger partial charge in [-0.05, 0) is 45.1 Å². The average Bonchev–Trinajstić information content (AvgIpc) is 2.84. The smallest absolute Gasteiger partial charge is 0.213 e. The molecule has 0 saturated heterocycles. The summed E-state index contributed by atoms with van der Waals surface area (Å²) in [6.45, 7) is 0. The Kier molecular flexibility index (Phi) is 3.11. The molecule has 2 aromatic carbocycles. The van der Waals surface area contributed by atoms with Gasteiger partial charge < -0.3 is 5.73 Å². The minimum atomic E-state index is 0.0677. The zero-order valence-corrected chi connectivity index (χ0v) is 11.6. The SMILES string of the molecule is Cn1nnnc1Sc1ccc(C(=N)N)c2ccccc12. The maximum Gasteiger partial charge on any atom is 0.213 e. The molecule has 0 aliphatic heterocycles. The lowest BCUT2D eigenvalue weighted by atomic mass is 10.0. The van der Waals surface area contributed by atoms with Gasteiger partial charge in [-0.1, -0.05) is 24.3 Å². The quantitative estimate of drug-likeness (QED) is 0.565. The largest absolute Gasteiger partial charge is 0.384 e. The molecule has 7 heteroatoms. The molecule has 3 aromatic rings. The van der Waals surface area contributed by atoms with Crippen LogP contribution in [0.1, 0.15) is 5.56 Å². The number of nitrogen functional groups attached to an aromatic ring is 1. The summed E-state index contributed by atoms with van der Waals surface area (Å²) >= 11 is 1.49. The van der Waals surface area contributed by atoms with Gasteiger partial charge >= 0.3 is 0 Å². The number of hydrogen-bond acceptors (Lipinski definition) is 5. The van der Waals surface area contributed by atoms with E-state index in [9.17, 15) is 0 Å². The van der Waals surface area contributed by atoms with Crippen LogP contribution in [0.5, 0.6) is 0 Å². The normalized spacial score (nSPS) is 10.8. The fourth-order valence-electron chi connectivity index (χ4n) is 2.00. The lowest BCUT2D eigenvalue weighted by Crippen LogP contribution is -2.11. The van der Waals surface area contributed by atoms with Gasteiger partial charge in [0.2, 0.25) is 5.16 Å². The highest BCUT2D eigenvalue weighted by atomic mass is 32.2. The highest BCUT2D eigenvalue weighted by Crippen LogP contribution is 2.33. The molecule has 0 fully saturated rings. The first-order valence-electron chi connectivity index (χ1n) is 5.93. The van der Waals surface area contributed by atoms with Crippen molar-refractivity contribution in [1.29, 1.82) is 5.41 Å². The summed E-state index contributed by atoms with van der Waals surface area (Å²) in [6.07, 6.45) is 0. The van der Waals surface area contributed by atoms with Crippen LogP contribution in [0.2, 0.25) is 0 Å². The van der Waals surface area contributed by atoms with Gasteiger partial charge in [-0.3, -0.25) is 5.41 Å². The van der Waals surface area contributed by atoms with Crippen LogP contribution in [0.15, 0.2) is 46.5 Å². The molecule has 0 amide bonds. The van der Waals surface area contributed by atoms with E-state index in [4.69, 9.17) is 11.1 Å². The van der Waals surface area contributed by atoms with Crippen molar-refractivity contribution in [3.63, 3.8) is 0 Å². The number of hydrogen-bond donors (Lipinski definition) is 2. The topological polar surface area (TPSA) is 93.5 Å². The highest BCUT2D eigenvalue weighted by Gasteiger charge is 2.11. The number of benzene rings is 2. The first kappa shape index (κ1) is 12.6. The number of amidine groups is 1. The third-order valence-corrected chi connectivity index (χ3v) is 4.06. The number of aryl methyl sites for hydroxylation is 1. The monoisotopic (exact) mass is 284 g/mol. The Morgan fingerprint density at radius 1 is 1.20 bits per heavy atom. The molecule has 0 aliphatic carbocycles. The van der Waals surface area contributed by atoms with Crippen LogP contribution in [-0.4, -0.2) is 26.0 Å². The molecule has 100 valence electrons. The maximum absolute atomic E-state index is 7.65. The Hall–Kier alpha value is -2.41. The summed E-state index contributed by atoms with van der Waals surface area (Å²) in [5.41, 5.74) is 6.37. The number of fused-ring (bicyclic) bond motifs is 1. The maximum atomic E-state index is 7.65. The van der Waals surface area contributed by atoms with Gasteiger partial charge in [0.15, 0.2) is 0 Å². The minimum absolute atomic E-state index is 0.0677. The molecule has 3 N–H and O–H groups in total. The Morgan fingerprint density at radius 2 is 1.95 bits per heavy atom. The number of rotatable bonds is 3. The van der Waals surface area contributed by atoms with Crippen molar-refractivity contribution >= 4 is 28.4 Å². The van der Waals surface area contributed by atoms with Crippen molar-refractivity contribution in [2.45, 2.75) is 10.1 Å². The Bertz CT molecular complexity index is 794. The van der Waals surface area contributed by atoms with E-state index in [1.54, 1.807) is 11.7 Å². The van der Waals surface area contributed by atoms with E-state index in [1.807, 2.05) is 36.4 Å². The van der Waals surface area contributed by atoms with E-state index >= 15 is 0 Å². The van der Waals surface area contributed by atoms with Crippen LogP contribution in [0, 0.1) is 5.41 Å². The van der Waals surface area contributed by atoms with Crippen molar-refractivity contribution < 1.29 is 0 Å². The van der Waals surface area contributed by atoms with Crippen molar-refractivity contribution in [1.82, 2.24) is 20.2 Å². The van der Waals surface area contributed by atoms with Gasteiger partial charge in [0.05, 0.1) is 0 Å². The molecule has 6 nitrogen and oxygen atoms in total. The fraction of sp³-hybridized carbons (Fsp3) is 0.0769. The second-order valence-electron chi connectivity index (χ2n) is 4.26. The minimum Gasteiger partial charge on any atom is -0.384 e. The van der Waals surface area contributed by atoms with Gasteiger partial charge in [-0.2, -0.15) is 0 Å². The highest BCUT2D eigenvalue weighted by molar-refractivity contribution is 7.99. The number of tetrazole rings is 1. The second kappa shape index (κ2) is 4.93. The summed E-state index contributed by atoms with van der Waals surface area (Å²) in [7, 11) is 1.80. The summed E-state index contributed by atoms with van der Waals surface area (Å²) in [6, 6.07) is 11.7. The summed E-state index contributed by atoms with van der Waals surface area (Å²) in [5, 5.41) is 21.8. The Morgan fingerprint density at radius 3 is 2.60 bits per heavy atom. The molecule has 0 saturated carbocycles. The zero-order valence-electron chi connectivity index (χ0n) is 10.7. The molecule has 1 aromatic heterocycles. The molecule has 0 atom stereocenters. The van der Waals surface area contributed by atoms with Crippen LogP contribution >= 0.6 is 11.8 Å². The summed E-state index contributed by atoms with van der Waals surface area (Å²) < 4.78 is 1.62. The third-order valence-electron chi connectivity index (χ3n) is 2.96. The molecule has 20 heavy (non-hydrogen) atoms. The molecule has 1 heterocycles. The molecule has 0 unspecified atom stereocenters. The average molecular weight is 284 g/mol. The van der Waals surface area contributed by atoms with Crippen molar-refractivity contribution in [3.8, 4) is 0 Å². The third kappa shape index (κ3) is 2.12. The van der Waals surface area contributed by atoms with Gasteiger partial charge in [0, 0.05) is 17.5 Å². The first-order chi connectivity index (χ1) is 9.66. The van der Waals surface area contributed by atoms with Crippen LogP contribution in [0.25, 0.3) is 10.8 Å². The van der Waals surface area contributed by atoms with E-state index in [1.165, 1.54) is 11.8 Å². The lowest BCUT2D eigenvalue weighted by Gasteiger charge is -2.09. The van der Waals surface area contributed by atoms with Gasteiger partial charge in [0.1, 0.15) is 5.84 Å². The number of nitrogens with zero attached hydrogens (tertiary/aromatic N) is 4. The molecule has 0 bridgehead atoms. The van der Waals surface area contributed by atoms with E-state index in [0.29, 0.717) is 5.16 Å². The molecule has 0 aliphatic rings. The van der Waals surface area contributed by atoms with E-state index in [-0.39, 0.29) is 5.84 Å². The van der Waals surface area contributed by atoms with Crippen LogP contribution in [-0.2, 0) is 7.05 Å². The van der Waals surface area contributed by atoms with Gasteiger partial charge in [-0.25, -0.2) is 4.68 Å². The molecular weight excluding hydrogens is 272 g/mol. The molecular formula is C13H12N6S. The number of aromatic nitrogens is 4. The van der Waals surface area contributed by atoms with Gasteiger partial charge in [-0.15, -0.1) is 5.10 Å². The van der Waals surface area contributed by atoms with Crippen molar-refractivity contribution in [2.75, 3.05) is 0 Å².